The highest BCUT2D eigenvalue weighted by Crippen LogP contribution is 2.21. The zero-order chi connectivity index (χ0) is 20.3. The number of rotatable bonds is 8. The summed E-state index contributed by atoms with van der Waals surface area (Å²) in [5, 5.41) is 7.32. The molecule has 1 saturated heterocycles. The second-order valence-corrected chi connectivity index (χ2v) is 8.77. The first-order chi connectivity index (χ1) is 14.2. The Hall–Kier alpha value is -2.02. The van der Waals surface area contributed by atoms with Crippen LogP contribution in [0.15, 0.2) is 64.5 Å². The lowest BCUT2D eigenvalue weighted by Gasteiger charge is -2.26. The van der Waals surface area contributed by atoms with E-state index in [0.29, 0.717) is 5.25 Å². The Morgan fingerprint density at radius 1 is 1.07 bits per heavy atom. The van der Waals surface area contributed by atoms with Crippen molar-refractivity contribution in [2.75, 3.05) is 39.9 Å². The van der Waals surface area contributed by atoms with Crippen molar-refractivity contribution < 1.29 is 4.74 Å². The van der Waals surface area contributed by atoms with E-state index in [1.165, 1.54) is 16.0 Å². The van der Waals surface area contributed by atoms with Crippen LogP contribution in [0.5, 0.6) is 0 Å². The van der Waals surface area contributed by atoms with E-state index in [1.54, 1.807) is 0 Å². The minimum Gasteiger partial charge on any atom is -0.379 e. The van der Waals surface area contributed by atoms with Crippen LogP contribution in [0.2, 0.25) is 0 Å². The molecule has 0 aromatic heterocycles. The van der Waals surface area contributed by atoms with Crippen LogP contribution in [-0.2, 0) is 17.8 Å². The first kappa shape index (κ1) is 21.7. The summed E-state index contributed by atoms with van der Waals surface area (Å²) >= 11 is 1.87. The number of hydrogen-bond donors (Lipinski definition) is 2. The van der Waals surface area contributed by atoms with E-state index >= 15 is 0 Å². The molecule has 1 heterocycles. The zero-order valence-electron chi connectivity index (χ0n) is 17.4. The molecule has 1 atom stereocenters. The molecule has 0 saturated carbocycles. The Kier molecular flexibility index (Phi) is 8.86. The first-order valence-electron chi connectivity index (χ1n) is 10.3. The highest BCUT2D eigenvalue weighted by Gasteiger charge is 2.11. The van der Waals surface area contributed by atoms with E-state index < -0.39 is 0 Å². The van der Waals surface area contributed by atoms with Gasteiger partial charge in [0, 0.05) is 49.9 Å². The van der Waals surface area contributed by atoms with Crippen molar-refractivity contribution in [1.29, 1.82) is 0 Å². The minimum absolute atomic E-state index is 0.452. The van der Waals surface area contributed by atoms with Gasteiger partial charge in [0.25, 0.3) is 0 Å². The van der Waals surface area contributed by atoms with E-state index in [0.717, 1.165) is 51.9 Å². The van der Waals surface area contributed by atoms with Crippen LogP contribution >= 0.6 is 11.8 Å². The fourth-order valence-corrected chi connectivity index (χ4v) is 4.22. The Balaban J connectivity index is 1.43. The molecular formula is C23H32N4OS. The molecule has 6 heteroatoms. The second-order valence-electron chi connectivity index (χ2n) is 7.26. The maximum Gasteiger partial charge on any atom is 0.191 e. The molecule has 3 rings (SSSR count). The van der Waals surface area contributed by atoms with Crippen molar-refractivity contribution >= 4 is 17.7 Å². The van der Waals surface area contributed by atoms with Gasteiger partial charge in [0.1, 0.15) is 0 Å². The molecule has 1 aliphatic rings. The quantitative estimate of drug-likeness (QED) is 0.396. The van der Waals surface area contributed by atoms with Gasteiger partial charge in [0.2, 0.25) is 0 Å². The zero-order valence-corrected chi connectivity index (χ0v) is 18.3. The summed E-state index contributed by atoms with van der Waals surface area (Å²) in [6.07, 6.45) is 0. The number of benzene rings is 2. The first-order valence-corrected chi connectivity index (χ1v) is 11.1. The van der Waals surface area contributed by atoms with Gasteiger partial charge in [-0.2, -0.15) is 0 Å². The van der Waals surface area contributed by atoms with Crippen molar-refractivity contribution in [1.82, 2.24) is 15.5 Å². The van der Waals surface area contributed by atoms with Gasteiger partial charge >= 0.3 is 0 Å². The maximum absolute atomic E-state index is 5.44. The minimum atomic E-state index is 0.452. The summed E-state index contributed by atoms with van der Waals surface area (Å²) in [5.74, 6) is 0.837. The molecule has 2 N–H and O–H groups in total. The van der Waals surface area contributed by atoms with Crippen molar-refractivity contribution in [3.05, 3.63) is 65.7 Å². The summed E-state index contributed by atoms with van der Waals surface area (Å²) in [4.78, 5) is 8.10. The van der Waals surface area contributed by atoms with Gasteiger partial charge in [-0.05, 0) is 23.3 Å². The highest BCUT2D eigenvalue weighted by atomic mass is 32.2. The van der Waals surface area contributed by atoms with Gasteiger partial charge in [0.05, 0.1) is 13.2 Å². The molecule has 156 valence electrons. The number of aliphatic imine (C=N–C) groups is 1. The molecule has 2 aromatic rings. The Labute approximate surface area is 178 Å². The summed E-state index contributed by atoms with van der Waals surface area (Å²) in [7, 11) is 1.82. The fourth-order valence-electron chi connectivity index (χ4n) is 3.28. The second kappa shape index (κ2) is 11.9. The van der Waals surface area contributed by atoms with Crippen LogP contribution in [0.4, 0.5) is 0 Å². The fraction of sp³-hybridized carbons (Fsp3) is 0.435. The van der Waals surface area contributed by atoms with Crippen LogP contribution in [-0.4, -0.2) is 56.0 Å². The van der Waals surface area contributed by atoms with E-state index in [9.17, 15) is 0 Å². The summed E-state index contributed by atoms with van der Waals surface area (Å²) in [6.45, 7) is 8.53. The SMILES string of the molecule is CN=C(NCc1cccc(CN2CCOCC2)c1)NCC(C)Sc1ccccc1. The molecule has 0 radical (unpaired) electrons. The smallest absolute Gasteiger partial charge is 0.191 e. The van der Waals surface area contributed by atoms with Gasteiger partial charge in [-0.25, -0.2) is 0 Å². The van der Waals surface area contributed by atoms with Crippen LogP contribution in [0.25, 0.3) is 0 Å². The van der Waals surface area contributed by atoms with Crippen LogP contribution in [0.3, 0.4) is 0 Å². The third-order valence-corrected chi connectivity index (χ3v) is 5.94. The van der Waals surface area contributed by atoms with Crippen LogP contribution in [0.1, 0.15) is 18.1 Å². The van der Waals surface area contributed by atoms with E-state index in [2.05, 4.69) is 82.0 Å². The average Bonchev–Trinajstić information content (AvgIpc) is 2.75. The highest BCUT2D eigenvalue weighted by molar-refractivity contribution is 8.00. The largest absolute Gasteiger partial charge is 0.379 e. The lowest BCUT2D eigenvalue weighted by atomic mass is 10.1. The summed E-state index contributed by atoms with van der Waals surface area (Å²) in [5.41, 5.74) is 2.62. The number of hydrogen-bond acceptors (Lipinski definition) is 4. The Morgan fingerprint density at radius 2 is 1.83 bits per heavy atom. The molecular weight excluding hydrogens is 380 g/mol. The normalized spacial score (nSPS) is 16.4. The summed E-state index contributed by atoms with van der Waals surface area (Å²) < 4.78 is 5.44. The standard InChI is InChI=1S/C23H32N4OS/c1-19(29-22-9-4-3-5-10-22)16-25-23(24-2)26-17-20-7-6-8-21(15-20)18-27-11-13-28-14-12-27/h3-10,15,19H,11-14,16-18H2,1-2H3,(H2,24,25,26). The molecule has 5 nitrogen and oxygen atoms in total. The third kappa shape index (κ3) is 7.72. The molecule has 1 aliphatic heterocycles. The maximum atomic E-state index is 5.44. The van der Waals surface area contributed by atoms with Gasteiger partial charge in [0.15, 0.2) is 5.96 Å². The third-order valence-electron chi connectivity index (χ3n) is 4.82. The van der Waals surface area contributed by atoms with Gasteiger partial charge in [-0.3, -0.25) is 9.89 Å². The number of nitrogens with zero attached hydrogens (tertiary/aromatic N) is 2. The van der Waals surface area contributed by atoms with Crippen molar-refractivity contribution in [3.8, 4) is 0 Å². The molecule has 2 aromatic carbocycles. The van der Waals surface area contributed by atoms with Crippen LogP contribution < -0.4 is 10.6 Å². The van der Waals surface area contributed by atoms with Crippen LogP contribution in [0, 0.1) is 0 Å². The molecule has 1 fully saturated rings. The molecule has 0 bridgehead atoms. The topological polar surface area (TPSA) is 48.9 Å². The van der Waals surface area contributed by atoms with Gasteiger partial charge < -0.3 is 15.4 Å². The van der Waals surface area contributed by atoms with Crippen molar-refractivity contribution in [2.24, 2.45) is 4.99 Å². The molecule has 0 amide bonds. The van der Waals surface area contributed by atoms with Gasteiger partial charge in [-0.15, -0.1) is 11.8 Å². The number of nitrogens with one attached hydrogen (secondary N) is 2. The Morgan fingerprint density at radius 3 is 2.59 bits per heavy atom. The summed E-state index contributed by atoms with van der Waals surface area (Å²) in [6, 6.07) is 19.3. The molecule has 29 heavy (non-hydrogen) atoms. The van der Waals surface area contributed by atoms with E-state index in [4.69, 9.17) is 4.74 Å². The molecule has 0 aliphatic carbocycles. The Bertz CT molecular complexity index is 762. The number of guanidine groups is 1. The number of ether oxygens (including phenoxy) is 1. The lowest BCUT2D eigenvalue weighted by Crippen LogP contribution is -2.39. The van der Waals surface area contributed by atoms with E-state index in [1.807, 2.05) is 18.8 Å². The average molecular weight is 413 g/mol. The number of thioether (sulfide) groups is 1. The van der Waals surface area contributed by atoms with Crippen molar-refractivity contribution in [3.63, 3.8) is 0 Å². The predicted molar refractivity (Wildman–Crippen MR) is 123 cm³/mol. The molecule has 1 unspecified atom stereocenters. The van der Waals surface area contributed by atoms with Gasteiger partial charge in [-0.1, -0.05) is 49.4 Å². The lowest BCUT2D eigenvalue weighted by molar-refractivity contribution is 0.0342. The monoisotopic (exact) mass is 412 g/mol. The van der Waals surface area contributed by atoms with E-state index in [-0.39, 0.29) is 0 Å². The van der Waals surface area contributed by atoms with Crippen molar-refractivity contribution in [2.45, 2.75) is 30.2 Å². The predicted octanol–water partition coefficient (Wildman–Crippen LogP) is 3.36. The molecule has 0 spiro atoms. The number of morpholine rings is 1.